The molecule has 7 aliphatic carbocycles. The van der Waals surface area contributed by atoms with Crippen LogP contribution in [0.2, 0.25) is 0 Å². The smallest absolute Gasteiger partial charge is 0.182 e. The van der Waals surface area contributed by atoms with E-state index >= 15 is 0 Å². The summed E-state index contributed by atoms with van der Waals surface area (Å²) in [6.45, 7) is 0. The van der Waals surface area contributed by atoms with E-state index in [1.165, 1.54) is 12.8 Å². The van der Waals surface area contributed by atoms with Crippen molar-refractivity contribution in [3.8, 4) is 0 Å². The summed E-state index contributed by atoms with van der Waals surface area (Å²) in [7, 11) is -7.66. The Kier molecular flexibility index (Phi) is 3.17. The Bertz CT molecular complexity index is 1440. The first kappa shape index (κ1) is 20.2. The summed E-state index contributed by atoms with van der Waals surface area (Å²) in [5, 5.41) is -1.72. The Morgan fingerprint density at radius 3 is 1.34 bits per heavy atom. The molecule has 4 nitrogen and oxygen atoms in total. The maximum absolute atomic E-state index is 14.5. The van der Waals surface area contributed by atoms with E-state index < -0.39 is 30.2 Å². The van der Waals surface area contributed by atoms with Crippen molar-refractivity contribution in [2.45, 2.75) is 52.4 Å². The molecule has 0 saturated heterocycles. The van der Waals surface area contributed by atoms with E-state index in [0.717, 1.165) is 19.3 Å². The molecule has 9 rings (SSSR count). The van der Waals surface area contributed by atoms with Crippen LogP contribution in [0, 0.1) is 45.3 Å². The van der Waals surface area contributed by atoms with Gasteiger partial charge in [-0.05, 0) is 102 Å². The lowest BCUT2D eigenvalue weighted by atomic mass is 9.70. The van der Waals surface area contributed by atoms with Gasteiger partial charge < -0.3 is 0 Å². The molecule has 0 N–H and O–H groups in total. The van der Waals surface area contributed by atoms with Crippen molar-refractivity contribution in [1.29, 1.82) is 0 Å². The van der Waals surface area contributed by atoms with Crippen molar-refractivity contribution < 1.29 is 16.8 Å². The molecule has 6 heteroatoms. The van der Waals surface area contributed by atoms with E-state index in [2.05, 4.69) is 12.2 Å². The fourth-order valence-electron chi connectivity index (χ4n) is 11.2. The fraction of sp³-hybridized carbons (Fsp3) is 0.517. The summed E-state index contributed by atoms with van der Waals surface area (Å²) in [4.78, 5) is 0.563. The van der Waals surface area contributed by atoms with Crippen LogP contribution in [0.3, 0.4) is 0 Å². The number of allylic oxidation sites excluding steroid dienone is 2. The predicted molar refractivity (Wildman–Crippen MR) is 131 cm³/mol. The van der Waals surface area contributed by atoms with Crippen LogP contribution in [0.4, 0.5) is 0 Å². The molecule has 2 spiro atoms. The summed E-state index contributed by atoms with van der Waals surface area (Å²) in [6, 6.07) is 17.3. The van der Waals surface area contributed by atoms with Crippen LogP contribution < -0.4 is 0 Å². The molecule has 6 fully saturated rings. The van der Waals surface area contributed by atoms with Gasteiger partial charge in [-0.1, -0.05) is 48.6 Å². The summed E-state index contributed by atoms with van der Waals surface area (Å²) in [6.07, 6.45) is 10.3. The van der Waals surface area contributed by atoms with Gasteiger partial charge in [0.2, 0.25) is 0 Å². The number of hydrogen-bond donors (Lipinski definition) is 0. The average molecular weight is 505 g/mol. The average Bonchev–Trinajstić information content (AvgIpc) is 3.79. The van der Waals surface area contributed by atoms with Gasteiger partial charge in [-0.2, -0.15) is 0 Å². The zero-order valence-electron chi connectivity index (χ0n) is 19.4. The summed E-state index contributed by atoms with van der Waals surface area (Å²) >= 11 is 0. The minimum absolute atomic E-state index is 0.000686. The van der Waals surface area contributed by atoms with Crippen molar-refractivity contribution in [2.24, 2.45) is 45.3 Å². The predicted octanol–water partition coefficient (Wildman–Crippen LogP) is 4.68. The standard InChI is InChI=1S/C29H28O4S2/c30-34(31,18-7-3-1-4-8-18)22-23(35(32,33)19-9-5-2-6-10-19)25-27(15-16-27)24(22)28-17-29(25,28)21-12-11-20(28)26(21)13-14-26/h1-12,20-25H,13-17H2/t20-,21+,22-,23+,24+,25-,28+,29-. The molecule has 0 heterocycles. The molecule has 4 bridgehead atoms. The van der Waals surface area contributed by atoms with Gasteiger partial charge in [0, 0.05) is 0 Å². The Labute approximate surface area is 206 Å². The van der Waals surface area contributed by atoms with E-state index in [1.54, 1.807) is 48.5 Å². The third-order valence-corrected chi connectivity index (χ3v) is 16.6. The monoisotopic (exact) mass is 504 g/mol. The number of hydrogen-bond acceptors (Lipinski definition) is 4. The van der Waals surface area contributed by atoms with Crippen LogP contribution in [-0.2, 0) is 19.7 Å². The minimum atomic E-state index is -3.83. The maximum Gasteiger partial charge on any atom is 0.182 e. The first-order valence-corrected chi connectivity index (χ1v) is 16.1. The number of sulfone groups is 2. The molecule has 8 atom stereocenters. The van der Waals surface area contributed by atoms with Crippen molar-refractivity contribution in [3.63, 3.8) is 0 Å². The zero-order chi connectivity index (χ0) is 23.6. The van der Waals surface area contributed by atoms with Gasteiger partial charge in [-0.3, -0.25) is 0 Å². The Hall–Kier alpha value is -1.92. The first-order chi connectivity index (χ1) is 16.8. The molecular formula is C29H28O4S2. The second kappa shape index (κ2) is 5.50. The highest BCUT2D eigenvalue weighted by Crippen LogP contribution is 3.04. The minimum Gasteiger partial charge on any atom is -0.223 e. The molecule has 2 aromatic rings. The molecule has 180 valence electrons. The second-order valence-electron chi connectivity index (χ2n) is 12.7. The molecular weight excluding hydrogens is 476 g/mol. The van der Waals surface area contributed by atoms with Gasteiger partial charge in [0.25, 0.3) is 0 Å². The normalized spacial score (nSPS) is 45.6. The topological polar surface area (TPSA) is 68.3 Å². The maximum atomic E-state index is 14.5. The third-order valence-electron chi connectivity index (χ3n) is 12.0. The van der Waals surface area contributed by atoms with Crippen LogP contribution in [0.25, 0.3) is 0 Å². The van der Waals surface area contributed by atoms with Gasteiger partial charge in [-0.25, -0.2) is 16.8 Å². The van der Waals surface area contributed by atoms with E-state index in [1.807, 2.05) is 12.1 Å². The fourth-order valence-corrected chi connectivity index (χ4v) is 16.6. The van der Waals surface area contributed by atoms with Crippen LogP contribution in [-0.4, -0.2) is 27.3 Å². The summed E-state index contributed by atoms with van der Waals surface area (Å²) < 4.78 is 57.9. The van der Waals surface area contributed by atoms with Crippen LogP contribution in [0.5, 0.6) is 0 Å². The lowest BCUT2D eigenvalue weighted by molar-refractivity contribution is 0.153. The van der Waals surface area contributed by atoms with E-state index in [4.69, 9.17) is 0 Å². The van der Waals surface area contributed by atoms with Crippen molar-refractivity contribution in [3.05, 3.63) is 72.8 Å². The van der Waals surface area contributed by atoms with Crippen LogP contribution in [0.15, 0.2) is 82.6 Å². The Morgan fingerprint density at radius 2 is 0.971 bits per heavy atom. The highest BCUT2D eigenvalue weighted by Gasteiger charge is 3.02. The largest absolute Gasteiger partial charge is 0.223 e. The molecule has 0 aliphatic heterocycles. The van der Waals surface area contributed by atoms with E-state index in [9.17, 15) is 16.8 Å². The van der Waals surface area contributed by atoms with Crippen LogP contribution >= 0.6 is 0 Å². The van der Waals surface area contributed by atoms with E-state index in [0.29, 0.717) is 17.3 Å². The molecule has 35 heavy (non-hydrogen) atoms. The lowest BCUT2D eigenvalue weighted by Crippen LogP contribution is -2.50. The zero-order valence-corrected chi connectivity index (χ0v) is 21.0. The number of benzene rings is 2. The van der Waals surface area contributed by atoms with Crippen LogP contribution in [0.1, 0.15) is 32.1 Å². The van der Waals surface area contributed by atoms with Gasteiger partial charge in [-0.15, -0.1) is 0 Å². The molecule has 2 aromatic carbocycles. The van der Waals surface area contributed by atoms with Gasteiger partial charge in [0.15, 0.2) is 19.7 Å². The molecule has 0 radical (unpaired) electrons. The summed E-state index contributed by atoms with van der Waals surface area (Å²) in [5.74, 6) is 0.792. The quantitative estimate of drug-likeness (QED) is 0.567. The molecule has 7 aliphatic rings. The molecule has 6 saturated carbocycles. The molecule has 0 amide bonds. The number of rotatable bonds is 4. The lowest BCUT2D eigenvalue weighted by Gasteiger charge is -2.40. The highest BCUT2D eigenvalue weighted by atomic mass is 32.2. The van der Waals surface area contributed by atoms with Crippen molar-refractivity contribution in [2.75, 3.05) is 0 Å². The molecule has 0 unspecified atom stereocenters. The Balaban J connectivity index is 1.32. The van der Waals surface area contributed by atoms with Gasteiger partial charge in [0.1, 0.15) is 0 Å². The van der Waals surface area contributed by atoms with E-state index in [-0.39, 0.29) is 37.9 Å². The SMILES string of the molecule is O=S(=O)(c1ccccc1)[C@@H]1[C@H](S(=O)(=O)c2ccccc2)[C@@H]2C3(CC3)[C@H]1[C@@]13C[C@@]21[C@H]1C=C[C@@H]3C12CC2. The highest BCUT2D eigenvalue weighted by molar-refractivity contribution is 7.96. The second-order valence-corrected chi connectivity index (χ2v) is 16.9. The third kappa shape index (κ3) is 1.83. The van der Waals surface area contributed by atoms with Crippen molar-refractivity contribution in [1.82, 2.24) is 0 Å². The van der Waals surface area contributed by atoms with Crippen molar-refractivity contribution >= 4 is 19.7 Å². The first-order valence-electron chi connectivity index (χ1n) is 13.0. The summed E-state index contributed by atoms with van der Waals surface area (Å²) in [5.41, 5.74) is 0.187. The van der Waals surface area contributed by atoms with Gasteiger partial charge >= 0.3 is 0 Å². The molecule has 0 aromatic heterocycles. The van der Waals surface area contributed by atoms with Gasteiger partial charge in [0.05, 0.1) is 20.3 Å². The Morgan fingerprint density at radius 1 is 0.571 bits per heavy atom.